The fraction of sp³-hybridized carbons (Fsp3) is 0.688. The summed E-state index contributed by atoms with van der Waals surface area (Å²) in [5, 5.41) is 3.31. The highest BCUT2D eigenvalue weighted by Crippen LogP contribution is 2.50. The predicted octanol–water partition coefficient (Wildman–Crippen LogP) is 1.75. The van der Waals surface area contributed by atoms with Crippen LogP contribution in [0.15, 0.2) is 18.5 Å². The van der Waals surface area contributed by atoms with Gasteiger partial charge in [-0.05, 0) is 55.7 Å². The largest absolute Gasteiger partial charge is 0.490 e. The lowest BCUT2D eigenvalue weighted by atomic mass is 10.1. The van der Waals surface area contributed by atoms with Crippen molar-refractivity contribution >= 4 is 9.84 Å². The minimum absolute atomic E-state index is 0.298. The van der Waals surface area contributed by atoms with Gasteiger partial charge in [0.1, 0.15) is 22.2 Å². The van der Waals surface area contributed by atoms with E-state index in [0.29, 0.717) is 30.2 Å². The normalized spacial score (nSPS) is 27.2. The number of pyridine rings is 1. The topological polar surface area (TPSA) is 68.3 Å². The maximum absolute atomic E-state index is 11.2. The molecule has 0 bridgehead atoms. The van der Waals surface area contributed by atoms with Gasteiger partial charge in [0.2, 0.25) is 0 Å². The van der Waals surface area contributed by atoms with Crippen LogP contribution in [-0.4, -0.2) is 44.6 Å². The summed E-state index contributed by atoms with van der Waals surface area (Å²) in [6.07, 6.45) is 9.04. The van der Waals surface area contributed by atoms with Crippen LogP contribution >= 0.6 is 0 Å². The van der Waals surface area contributed by atoms with Gasteiger partial charge >= 0.3 is 0 Å². The third kappa shape index (κ3) is 4.43. The van der Waals surface area contributed by atoms with E-state index in [1.54, 1.807) is 6.20 Å². The Hall–Kier alpha value is -1.14. The molecular weight excluding hydrogens is 300 g/mol. The van der Waals surface area contributed by atoms with E-state index in [1.807, 2.05) is 6.20 Å². The zero-order chi connectivity index (χ0) is 15.6. The average molecular weight is 324 g/mol. The highest BCUT2D eigenvalue weighted by atomic mass is 32.2. The van der Waals surface area contributed by atoms with Crippen LogP contribution < -0.4 is 10.1 Å². The van der Waals surface area contributed by atoms with Gasteiger partial charge in [0.05, 0.1) is 6.20 Å². The van der Waals surface area contributed by atoms with E-state index >= 15 is 0 Å². The number of sulfone groups is 1. The quantitative estimate of drug-likeness (QED) is 0.789. The van der Waals surface area contributed by atoms with Gasteiger partial charge in [-0.2, -0.15) is 0 Å². The lowest BCUT2D eigenvalue weighted by Gasteiger charge is -2.27. The number of hydrogen-bond donors (Lipinski definition) is 1. The van der Waals surface area contributed by atoms with Crippen molar-refractivity contribution in [3.05, 3.63) is 24.0 Å². The summed E-state index contributed by atoms with van der Waals surface area (Å²) >= 11 is 0. The lowest BCUT2D eigenvalue weighted by Crippen LogP contribution is -2.46. The number of ether oxygens (including phenoxy) is 1. The summed E-state index contributed by atoms with van der Waals surface area (Å²) < 4.78 is 28.1. The van der Waals surface area contributed by atoms with E-state index in [2.05, 4.69) is 16.4 Å². The maximum atomic E-state index is 11.2. The molecule has 2 heterocycles. The molecule has 3 rings (SSSR count). The first kappa shape index (κ1) is 15.7. The molecular formula is C16H24N2O3S. The van der Waals surface area contributed by atoms with Crippen molar-refractivity contribution in [1.29, 1.82) is 0 Å². The summed E-state index contributed by atoms with van der Waals surface area (Å²) in [5.74, 6) is 2.27. The zero-order valence-corrected chi connectivity index (χ0v) is 13.8. The van der Waals surface area contributed by atoms with Crippen molar-refractivity contribution in [3.8, 4) is 5.75 Å². The highest BCUT2D eigenvalue weighted by molar-refractivity contribution is 7.90. The summed E-state index contributed by atoms with van der Waals surface area (Å²) in [4.78, 5) is 4.28. The van der Waals surface area contributed by atoms with Gasteiger partial charge in [-0.25, -0.2) is 8.42 Å². The minimum atomic E-state index is -2.83. The van der Waals surface area contributed by atoms with E-state index < -0.39 is 9.84 Å². The number of nitrogens with one attached hydrogen (secondary N) is 1. The molecule has 1 N–H and O–H groups in total. The number of aromatic nitrogens is 1. The van der Waals surface area contributed by atoms with Gasteiger partial charge in [0.15, 0.2) is 0 Å². The Morgan fingerprint density at radius 2 is 2.23 bits per heavy atom. The molecule has 1 aliphatic carbocycles. The smallest absolute Gasteiger partial charge is 0.147 e. The second-order valence-corrected chi connectivity index (χ2v) is 8.84. The molecule has 6 heteroatoms. The molecule has 1 aromatic rings. The first-order valence-electron chi connectivity index (χ1n) is 8.00. The van der Waals surface area contributed by atoms with Crippen LogP contribution in [0.2, 0.25) is 0 Å². The maximum Gasteiger partial charge on any atom is 0.147 e. The van der Waals surface area contributed by atoms with Crippen molar-refractivity contribution < 1.29 is 13.2 Å². The summed E-state index contributed by atoms with van der Waals surface area (Å²) in [6.45, 7) is 1.79. The number of hydrogen-bond acceptors (Lipinski definition) is 5. The molecule has 122 valence electrons. The van der Waals surface area contributed by atoms with Crippen LogP contribution in [0, 0.1) is 5.92 Å². The first-order valence-corrected chi connectivity index (χ1v) is 10.1. The average Bonchev–Trinajstić information content (AvgIpc) is 3.15. The van der Waals surface area contributed by atoms with Crippen LogP contribution in [-0.2, 0) is 9.84 Å². The van der Waals surface area contributed by atoms with E-state index in [-0.39, 0.29) is 0 Å². The summed E-state index contributed by atoms with van der Waals surface area (Å²) in [5.41, 5.74) is 1.23. The Balaban J connectivity index is 1.46. The fourth-order valence-electron chi connectivity index (χ4n) is 2.99. The Morgan fingerprint density at radius 1 is 1.41 bits per heavy atom. The van der Waals surface area contributed by atoms with Gasteiger partial charge in [-0.15, -0.1) is 0 Å². The first-order chi connectivity index (χ1) is 10.5. The molecule has 3 atom stereocenters. The van der Waals surface area contributed by atoms with Gasteiger partial charge < -0.3 is 10.1 Å². The Labute approximate surface area is 132 Å². The molecule has 2 aliphatic rings. The number of rotatable bonds is 8. The molecule has 0 amide bonds. The van der Waals surface area contributed by atoms with Gasteiger partial charge in [0, 0.05) is 24.2 Å². The fourth-order valence-corrected chi connectivity index (χ4v) is 3.68. The Kier molecular flexibility index (Phi) is 4.68. The van der Waals surface area contributed by atoms with Crippen molar-refractivity contribution in [2.75, 3.05) is 25.2 Å². The lowest BCUT2D eigenvalue weighted by molar-refractivity contribution is 0.217. The zero-order valence-electron chi connectivity index (χ0n) is 13.0. The molecule has 1 saturated heterocycles. The molecule has 1 aliphatic heterocycles. The van der Waals surface area contributed by atoms with Crippen molar-refractivity contribution in [2.45, 2.75) is 37.6 Å². The third-order valence-electron chi connectivity index (χ3n) is 4.55. The number of nitrogens with zero attached hydrogens (tertiary/aromatic N) is 1. The highest BCUT2D eigenvalue weighted by Gasteiger charge is 2.38. The van der Waals surface area contributed by atoms with Gasteiger partial charge in [0.25, 0.3) is 0 Å². The van der Waals surface area contributed by atoms with Crippen LogP contribution in [0.25, 0.3) is 0 Å². The molecule has 1 aromatic heterocycles. The molecule has 22 heavy (non-hydrogen) atoms. The second-order valence-electron chi connectivity index (χ2n) is 6.58. The molecule has 2 fully saturated rings. The summed E-state index contributed by atoms with van der Waals surface area (Å²) in [6, 6.07) is 2.57. The molecule has 0 unspecified atom stereocenters. The van der Waals surface area contributed by atoms with Crippen LogP contribution in [0.4, 0.5) is 0 Å². The van der Waals surface area contributed by atoms with Crippen LogP contribution in [0.5, 0.6) is 5.75 Å². The Morgan fingerprint density at radius 3 is 2.91 bits per heavy atom. The predicted molar refractivity (Wildman–Crippen MR) is 85.9 cm³/mol. The molecule has 0 spiro atoms. The SMILES string of the molecule is CS(=O)(=O)CCC[C@H]1C[C@@H]1c1cncc(OC[C@@H]2CCN2)c1. The van der Waals surface area contributed by atoms with Crippen molar-refractivity contribution in [3.63, 3.8) is 0 Å². The van der Waals surface area contributed by atoms with Crippen molar-refractivity contribution in [1.82, 2.24) is 10.3 Å². The Bertz CT molecular complexity index is 614. The van der Waals surface area contributed by atoms with E-state index in [9.17, 15) is 8.42 Å². The second kappa shape index (κ2) is 6.54. The van der Waals surface area contributed by atoms with E-state index in [0.717, 1.165) is 31.6 Å². The molecule has 5 nitrogen and oxygen atoms in total. The summed E-state index contributed by atoms with van der Waals surface area (Å²) in [7, 11) is -2.83. The monoisotopic (exact) mass is 324 g/mol. The van der Waals surface area contributed by atoms with Gasteiger partial charge in [-0.1, -0.05) is 0 Å². The van der Waals surface area contributed by atoms with Gasteiger partial charge in [-0.3, -0.25) is 4.98 Å². The van der Waals surface area contributed by atoms with E-state index in [4.69, 9.17) is 4.74 Å². The van der Waals surface area contributed by atoms with Crippen LogP contribution in [0.3, 0.4) is 0 Å². The standard InChI is InChI=1S/C16H24N2O3S/c1-22(19,20)6-2-3-12-8-16(12)13-7-15(10-17-9-13)21-11-14-4-5-18-14/h7,9-10,12,14,16,18H,2-6,8,11H2,1H3/t12-,14-,16-/m0/s1. The van der Waals surface area contributed by atoms with E-state index in [1.165, 1.54) is 18.2 Å². The molecule has 1 saturated carbocycles. The van der Waals surface area contributed by atoms with Crippen molar-refractivity contribution in [2.24, 2.45) is 5.92 Å². The molecule has 0 radical (unpaired) electrons. The molecule has 0 aromatic carbocycles. The minimum Gasteiger partial charge on any atom is -0.490 e. The van der Waals surface area contributed by atoms with Crippen LogP contribution in [0.1, 0.15) is 37.2 Å². The third-order valence-corrected chi connectivity index (χ3v) is 5.58.